The van der Waals surface area contributed by atoms with E-state index < -0.39 is 10.0 Å². The Hall–Kier alpha value is -1.33. The lowest BCUT2D eigenvalue weighted by Gasteiger charge is -2.22. The van der Waals surface area contributed by atoms with E-state index in [0.29, 0.717) is 23.2 Å². The van der Waals surface area contributed by atoms with Gasteiger partial charge in [-0.25, -0.2) is 13.1 Å². The molecule has 1 aliphatic rings. The van der Waals surface area contributed by atoms with E-state index in [4.69, 9.17) is 0 Å². The normalized spacial score (nSPS) is 18.9. The topological polar surface area (TPSA) is 58.2 Å². The summed E-state index contributed by atoms with van der Waals surface area (Å²) >= 11 is 0. The van der Waals surface area contributed by atoms with E-state index in [2.05, 4.69) is 22.2 Å². The van der Waals surface area contributed by atoms with Crippen LogP contribution in [0.5, 0.6) is 0 Å². The first-order valence-corrected chi connectivity index (χ1v) is 8.62. The lowest BCUT2D eigenvalue weighted by Crippen LogP contribution is -2.27. The molecule has 2 rings (SSSR count). The Morgan fingerprint density at radius 1 is 1.25 bits per heavy atom. The van der Waals surface area contributed by atoms with Gasteiger partial charge in [0.1, 0.15) is 4.90 Å². The minimum Gasteiger partial charge on any atom is -0.381 e. The Kier molecular flexibility index (Phi) is 5.20. The molecule has 0 saturated heterocycles. The maximum absolute atomic E-state index is 12.3. The molecule has 0 aromatic heterocycles. The molecule has 0 aliphatic heterocycles. The SMILES string of the molecule is CCCNS(=O)(=O)c1ccccc1NC1CC=CCC1. The molecule has 1 unspecified atom stereocenters. The van der Waals surface area contributed by atoms with Crippen LogP contribution in [0.3, 0.4) is 0 Å². The number of para-hydroxylation sites is 1. The number of sulfonamides is 1. The molecule has 4 nitrogen and oxygen atoms in total. The molecule has 0 saturated carbocycles. The predicted molar refractivity (Wildman–Crippen MR) is 82.3 cm³/mol. The van der Waals surface area contributed by atoms with E-state index >= 15 is 0 Å². The van der Waals surface area contributed by atoms with Crippen LogP contribution >= 0.6 is 0 Å². The second-order valence-corrected chi connectivity index (χ2v) is 6.76. The zero-order chi connectivity index (χ0) is 14.4. The highest BCUT2D eigenvalue weighted by Crippen LogP contribution is 2.24. The summed E-state index contributed by atoms with van der Waals surface area (Å²) in [5, 5.41) is 3.36. The van der Waals surface area contributed by atoms with Gasteiger partial charge in [-0.2, -0.15) is 0 Å². The van der Waals surface area contributed by atoms with Crippen LogP contribution in [-0.4, -0.2) is 21.0 Å². The van der Waals surface area contributed by atoms with Crippen LogP contribution in [0.4, 0.5) is 5.69 Å². The maximum atomic E-state index is 12.3. The number of hydrogen-bond donors (Lipinski definition) is 2. The van der Waals surface area contributed by atoms with Crippen molar-refractivity contribution in [2.24, 2.45) is 0 Å². The smallest absolute Gasteiger partial charge is 0.242 e. The van der Waals surface area contributed by atoms with Gasteiger partial charge < -0.3 is 5.32 Å². The molecular formula is C15H22N2O2S. The fourth-order valence-corrected chi connectivity index (χ4v) is 3.58. The zero-order valence-electron chi connectivity index (χ0n) is 11.8. The number of allylic oxidation sites excluding steroid dienone is 1. The standard InChI is InChI=1S/C15H22N2O2S/c1-2-12-16-20(18,19)15-11-7-6-10-14(15)17-13-8-4-3-5-9-13/h3-4,6-7,10-11,13,16-17H,2,5,8-9,12H2,1H3. The van der Waals surface area contributed by atoms with Crippen molar-refractivity contribution in [3.63, 3.8) is 0 Å². The highest BCUT2D eigenvalue weighted by Gasteiger charge is 2.19. The number of anilines is 1. The van der Waals surface area contributed by atoms with Crippen LogP contribution < -0.4 is 10.0 Å². The molecular weight excluding hydrogens is 272 g/mol. The van der Waals surface area contributed by atoms with Crippen LogP contribution in [-0.2, 0) is 10.0 Å². The molecule has 1 aromatic rings. The van der Waals surface area contributed by atoms with Crippen molar-refractivity contribution < 1.29 is 8.42 Å². The first-order chi connectivity index (χ1) is 9.63. The minimum absolute atomic E-state index is 0.308. The van der Waals surface area contributed by atoms with Crippen molar-refractivity contribution in [3.05, 3.63) is 36.4 Å². The fraction of sp³-hybridized carbons (Fsp3) is 0.467. The quantitative estimate of drug-likeness (QED) is 0.793. The minimum atomic E-state index is -3.43. The summed E-state index contributed by atoms with van der Waals surface area (Å²) in [5.41, 5.74) is 0.691. The third kappa shape index (κ3) is 3.84. The average molecular weight is 294 g/mol. The average Bonchev–Trinajstić information content (AvgIpc) is 2.47. The van der Waals surface area contributed by atoms with Gasteiger partial charge >= 0.3 is 0 Å². The molecule has 2 N–H and O–H groups in total. The molecule has 1 atom stereocenters. The van der Waals surface area contributed by atoms with Crippen LogP contribution in [0.25, 0.3) is 0 Å². The molecule has 5 heteroatoms. The van der Waals surface area contributed by atoms with Crippen molar-refractivity contribution in [3.8, 4) is 0 Å². The molecule has 0 spiro atoms. The van der Waals surface area contributed by atoms with Gasteiger partial charge in [-0.1, -0.05) is 31.2 Å². The van der Waals surface area contributed by atoms with Gasteiger partial charge in [0.05, 0.1) is 5.69 Å². The highest BCUT2D eigenvalue weighted by molar-refractivity contribution is 7.89. The Morgan fingerprint density at radius 3 is 2.75 bits per heavy atom. The van der Waals surface area contributed by atoms with Gasteiger partial charge in [0.25, 0.3) is 0 Å². The van der Waals surface area contributed by atoms with E-state index in [1.807, 2.05) is 19.1 Å². The molecule has 110 valence electrons. The summed E-state index contributed by atoms with van der Waals surface area (Å²) < 4.78 is 27.2. The summed E-state index contributed by atoms with van der Waals surface area (Å²) in [6.45, 7) is 2.41. The number of rotatable bonds is 6. The van der Waals surface area contributed by atoms with Crippen molar-refractivity contribution in [1.82, 2.24) is 4.72 Å². The summed E-state index contributed by atoms with van der Waals surface area (Å²) in [5.74, 6) is 0. The Morgan fingerprint density at radius 2 is 2.05 bits per heavy atom. The fourth-order valence-electron chi connectivity index (χ4n) is 2.28. The third-order valence-corrected chi connectivity index (χ3v) is 4.87. The number of hydrogen-bond acceptors (Lipinski definition) is 3. The first-order valence-electron chi connectivity index (χ1n) is 7.13. The van der Waals surface area contributed by atoms with Crippen LogP contribution in [0.2, 0.25) is 0 Å². The second kappa shape index (κ2) is 6.90. The molecule has 0 heterocycles. The molecule has 0 fully saturated rings. The zero-order valence-corrected chi connectivity index (χ0v) is 12.6. The highest BCUT2D eigenvalue weighted by atomic mass is 32.2. The van der Waals surface area contributed by atoms with Gasteiger partial charge in [0, 0.05) is 12.6 Å². The largest absolute Gasteiger partial charge is 0.381 e. The van der Waals surface area contributed by atoms with Crippen LogP contribution in [0, 0.1) is 0 Å². The monoisotopic (exact) mass is 294 g/mol. The molecule has 0 bridgehead atoms. The molecule has 0 radical (unpaired) electrons. The maximum Gasteiger partial charge on any atom is 0.242 e. The Labute approximate surface area is 121 Å². The van der Waals surface area contributed by atoms with Gasteiger partial charge in [0.15, 0.2) is 0 Å². The molecule has 1 aromatic carbocycles. The van der Waals surface area contributed by atoms with Crippen molar-refractivity contribution >= 4 is 15.7 Å². The second-order valence-electron chi connectivity index (χ2n) is 5.02. The van der Waals surface area contributed by atoms with Gasteiger partial charge in [-0.3, -0.25) is 0 Å². The summed E-state index contributed by atoms with van der Waals surface area (Å²) in [6.07, 6.45) is 8.12. The predicted octanol–water partition coefficient (Wildman–Crippen LogP) is 2.90. The number of benzene rings is 1. The third-order valence-electron chi connectivity index (χ3n) is 3.35. The summed E-state index contributed by atoms with van der Waals surface area (Å²) in [4.78, 5) is 0.336. The van der Waals surface area contributed by atoms with Gasteiger partial charge in [0.2, 0.25) is 10.0 Å². The number of nitrogens with one attached hydrogen (secondary N) is 2. The lowest BCUT2D eigenvalue weighted by atomic mass is 10.0. The van der Waals surface area contributed by atoms with E-state index in [0.717, 1.165) is 25.7 Å². The summed E-state index contributed by atoms with van der Waals surface area (Å²) in [7, 11) is -3.43. The van der Waals surface area contributed by atoms with E-state index in [1.165, 1.54) is 0 Å². The van der Waals surface area contributed by atoms with Crippen LogP contribution in [0.15, 0.2) is 41.3 Å². The summed E-state index contributed by atoms with van der Waals surface area (Å²) in [6, 6.07) is 7.41. The van der Waals surface area contributed by atoms with E-state index in [1.54, 1.807) is 12.1 Å². The molecule has 1 aliphatic carbocycles. The molecule has 20 heavy (non-hydrogen) atoms. The molecule has 0 amide bonds. The van der Waals surface area contributed by atoms with Crippen molar-refractivity contribution in [2.45, 2.75) is 43.5 Å². The van der Waals surface area contributed by atoms with E-state index in [9.17, 15) is 8.42 Å². The van der Waals surface area contributed by atoms with Crippen LogP contribution in [0.1, 0.15) is 32.6 Å². The Bertz CT molecular complexity index is 567. The lowest BCUT2D eigenvalue weighted by molar-refractivity contribution is 0.580. The first kappa shape index (κ1) is 15.1. The van der Waals surface area contributed by atoms with Crippen molar-refractivity contribution in [2.75, 3.05) is 11.9 Å². The van der Waals surface area contributed by atoms with Gasteiger partial charge in [-0.05, 0) is 37.8 Å². The van der Waals surface area contributed by atoms with Gasteiger partial charge in [-0.15, -0.1) is 0 Å². The van der Waals surface area contributed by atoms with E-state index in [-0.39, 0.29) is 0 Å². The Balaban J connectivity index is 2.19. The van der Waals surface area contributed by atoms with Crippen molar-refractivity contribution in [1.29, 1.82) is 0 Å².